The normalized spacial score (nSPS) is 21.6. The molecule has 1 aromatic rings. The number of rotatable bonds is 6. The molecule has 1 saturated carbocycles. The summed E-state index contributed by atoms with van der Waals surface area (Å²) in [7, 11) is 0. The molecule has 0 aromatic carbocycles. The highest BCUT2D eigenvalue weighted by Gasteiger charge is 2.43. The van der Waals surface area contributed by atoms with E-state index in [-0.39, 0.29) is 30.2 Å². The lowest BCUT2D eigenvalue weighted by Crippen LogP contribution is -2.25. The average molecular weight is 253 g/mol. The van der Waals surface area contributed by atoms with Gasteiger partial charge in [-0.25, -0.2) is 4.79 Å². The lowest BCUT2D eigenvalue weighted by Gasteiger charge is -2.02. The first-order chi connectivity index (χ1) is 8.61. The van der Waals surface area contributed by atoms with Gasteiger partial charge in [-0.05, 0) is 25.5 Å². The van der Waals surface area contributed by atoms with Crippen molar-refractivity contribution in [1.82, 2.24) is 5.32 Å². The van der Waals surface area contributed by atoms with Gasteiger partial charge in [-0.15, -0.1) is 0 Å². The molecule has 0 unspecified atom stereocenters. The van der Waals surface area contributed by atoms with Gasteiger partial charge in [-0.2, -0.15) is 0 Å². The number of furan rings is 1. The van der Waals surface area contributed by atoms with Gasteiger partial charge in [-0.3, -0.25) is 4.79 Å². The minimum Gasteiger partial charge on any atom is -0.475 e. The Bertz CT molecular complexity index is 453. The first-order valence-electron chi connectivity index (χ1n) is 5.83. The molecule has 0 radical (unpaired) electrons. The van der Waals surface area contributed by atoms with Crippen LogP contribution in [-0.4, -0.2) is 29.7 Å². The molecule has 2 atom stereocenters. The molecule has 6 heteroatoms. The summed E-state index contributed by atoms with van der Waals surface area (Å²) in [6, 6.07) is 2.90. The van der Waals surface area contributed by atoms with Crippen molar-refractivity contribution in [3.63, 3.8) is 0 Å². The minimum absolute atomic E-state index is 0.0289. The largest absolute Gasteiger partial charge is 0.475 e. The summed E-state index contributed by atoms with van der Waals surface area (Å²) in [5.74, 6) is -0.987. The number of carbonyl (C=O) groups excluding carboxylic acids is 1. The van der Waals surface area contributed by atoms with Crippen LogP contribution in [0.5, 0.6) is 0 Å². The lowest BCUT2D eigenvalue weighted by atomic mass is 10.3. The van der Waals surface area contributed by atoms with Crippen LogP contribution >= 0.6 is 0 Å². The molecule has 0 bridgehead atoms. The van der Waals surface area contributed by atoms with Gasteiger partial charge in [0.25, 0.3) is 0 Å². The SMILES string of the molecule is CCO[C@H]1C[C@@H]1C(=O)NCc1ccc(C(=O)O)o1. The third-order valence-electron chi connectivity index (χ3n) is 2.76. The van der Waals surface area contributed by atoms with Crippen LogP contribution in [0.2, 0.25) is 0 Å². The Morgan fingerprint density at radius 1 is 1.56 bits per heavy atom. The molecule has 2 rings (SSSR count). The van der Waals surface area contributed by atoms with E-state index in [0.717, 1.165) is 6.42 Å². The van der Waals surface area contributed by atoms with Crippen molar-refractivity contribution < 1.29 is 23.8 Å². The maximum atomic E-state index is 11.7. The molecule has 2 N–H and O–H groups in total. The van der Waals surface area contributed by atoms with Gasteiger partial charge in [0, 0.05) is 6.61 Å². The minimum atomic E-state index is -1.12. The summed E-state index contributed by atoms with van der Waals surface area (Å²) in [6.07, 6.45) is 0.777. The fraction of sp³-hybridized carbons (Fsp3) is 0.500. The third kappa shape index (κ3) is 2.89. The van der Waals surface area contributed by atoms with Crippen LogP contribution in [0.1, 0.15) is 29.7 Å². The molecule has 1 fully saturated rings. The van der Waals surface area contributed by atoms with Crippen molar-refractivity contribution >= 4 is 11.9 Å². The van der Waals surface area contributed by atoms with E-state index in [9.17, 15) is 9.59 Å². The number of aromatic carboxylic acids is 1. The second kappa shape index (κ2) is 5.22. The Hall–Kier alpha value is -1.82. The summed E-state index contributed by atoms with van der Waals surface area (Å²) < 4.78 is 10.3. The van der Waals surface area contributed by atoms with Gasteiger partial charge in [0.1, 0.15) is 5.76 Å². The first kappa shape index (κ1) is 12.6. The van der Waals surface area contributed by atoms with Gasteiger partial charge in [0.2, 0.25) is 11.7 Å². The summed E-state index contributed by atoms with van der Waals surface area (Å²) >= 11 is 0. The van der Waals surface area contributed by atoms with Gasteiger partial charge in [-0.1, -0.05) is 0 Å². The maximum Gasteiger partial charge on any atom is 0.371 e. The maximum absolute atomic E-state index is 11.7. The average Bonchev–Trinajstić information content (AvgIpc) is 2.93. The van der Waals surface area contributed by atoms with Crippen LogP contribution in [0, 0.1) is 5.92 Å². The number of amides is 1. The number of carbonyl (C=O) groups is 2. The predicted octanol–water partition coefficient (Wildman–Crippen LogP) is 1.02. The zero-order valence-electron chi connectivity index (χ0n) is 10.0. The highest BCUT2D eigenvalue weighted by Crippen LogP contribution is 2.33. The van der Waals surface area contributed by atoms with E-state index in [0.29, 0.717) is 12.4 Å². The van der Waals surface area contributed by atoms with E-state index >= 15 is 0 Å². The second-order valence-electron chi connectivity index (χ2n) is 4.12. The first-order valence-corrected chi connectivity index (χ1v) is 5.83. The summed E-state index contributed by atoms with van der Waals surface area (Å²) in [5.41, 5.74) is 0. The lowest BCUT2D eigenvalue weighted by molar-refractivity contribution is -0.123. The molecule has 6 nitrogen and oxygen atoms in total. The molecule has 1 heterocycles. The molecule has 1 aliphatic rings. The van der Waals surface area contributed by atoms with Crippen LogP contribution in [0.3, 0.4) is 0 Å². The predicted molar refractivity (Wildman–Crippen MR) is 61.0 cm³/mol. The van der Waals surface area contributed by atoms with E-state index < -0.39 is 5.97 Å². The van der Waals surface area contributed by atoms with Crippen molar-refractivity contribution in [2.75, 3.05) is 6.61 Å². The molecule has 1 amide bonds. The molecular formula is C12H15NO5. The molecule has 1 aromatic heterocycles. The number of carboxylic acid groups (broad SMARTS) is 1. The Morgan fingerprint density at radius 2 is 2.33 bits per heavy atom. The highest BCUT2D eigenvalue weighted by atomic mass is 16.5. The summed E-state index contributed by atoms with van der Waals surface area (Å²) in [4.78, 5) is 22.2. The fourth-order valence-corrected chi connectivity index (χ4v) is 1.74. The van der Waals surface area contributed by atoms with E-state index in [2.05, 4.69) is 5.32 Å². The van der Waals surface area contributed by atoms with Crippen molar-refractivity contribution in [2.24, 2.45) is 5.92 Å². The van der Waals surface area contributed by atoms with E-state index in [1.807, 2.05) is 6.92 Å². The molecule has 0 spiro atoms. The quantitative estimate of drug-likeness (QED) is 0.790. The van der Waals surface area contributed by atoms with Crippen LogP contribution in [0.4, 0.5) is 0 Å². The number of hydrogen-bond donors (Lipinski definition) is 2. The Labute approximate surface area is 104 Å². The standard InChI is InChI=1S/C12H15NO5/c1-2-17-10-5-8(10)11(14)13-6-7-3-4-9(18-7)12(15)16/h3-4,8,10H,2,5-6H2,1H3,(H,13,14)(H,15,16)/t8-,10-/m0/s1. The van der Waals surface area contributed by atoms with Crippen molar-refractivity contribution in [3.8, 4) is 0 Å². The molecule has 0 saturated heterocycles. The van der Waals surface area contributed by atoms with Gasteiger partial charge in [0.15, 0.2) is 0 Å². The molecule has 18 heavy (non-hydrogen) atoms. The molecule has 1 aliphatic carbocycles. The van der Waals surface area contributed by atoms with Crippen molar-refractivity contribution in [3.05, 3.63) is 23.7 Å². The smallest absolute Gasteiger partial charge is 0.371 e. The molecular weight excluding hydrogens is 238 g/mol. The van der Waals surface area contributed by atoms with Crippen LogP contribution in [0.25, 0.3) is 0 Å². The number of carboxylic acids is 1. The van der Waals surface area contributed by atoms with Crippen molar-refractivity contribution in [1.29, 1.82) is 0 Å². The Morgan fingerprint density at radius 3 is 2.94 bits per heavy atom. The second-order valence-corrected chi connectivity index (χ2v) is 4.12. The fourth-order valence-electron chi connectivity index (χ4n) is 1.74. The van der Waals surface area contributed by atoms with E-state index in [4.69, 9.17) is 14.3 Å². The Balaban J connectivity index is 1.77. The van der Waals surface area contributed by atoms with E-state index in [1.165, 1.54) is 12.1 Å². The zero-order valence-corrected chi connectivity index (χ0v) is 10.0. The van der Waals surface area contributed by atoms with Crippen LogP contribution < -0.4 is 5.32 Å². The third-order valence-corrected chi connectivity index (χ3v) is 2.76. The number of nitrogens with one attached hydrogen (secondary N) is 1. The van der Waals surface area contributed by atoms with Gasteiger partial charge in [0.05, 0.1) is 18.6 Å². The highest BCUT2D eigenvalue weighted by molar-refractivity contribution is 5.84. The molecule has 98 valence electrons. The van der Waals surface area contributed by atoms with Gasteiger partial charge >= 0.3 is 5.97 Å². The summed E-state index contributed by atoms with van der Waals surface area (Å²) in [5, 5.41) is 11.4. The number of hydrogen-bond acceptors (Lipinski definition) is 4. The monoisotopic (exact) mass is 253 g/mol. The topological polar surface area (TPSA) is 88.8 Å². The summed E-state index contributed by atoms with van der Waals surface area (Å²) in [6.45, 7) is 2.69. The van der Waals surface area contributed by atoms with Crippen molar-refractivity contribution in [2.45, 2.75) is 26.0 Å². The van der Waals surface area contributed by atoms with Crippen LogP contribution in [-0.2, 0) is 16.1 Å². The Kier molecular flexibility index (Phi) is 3.66. The van der Waals surface area contributed by atoms with E-state index in [1.54, 1.807) is 0 Å². The zero-order chi connectivity index (χ0) is 13.1. The molecule has 0 aliphatic heterocycles. The number of ether oxygens (including phenoxy) is 1. The van der Waals surface area contributed by atoms with Crippen LogP contribution in [0.15, 0.2) is 16.5 Å². The van der Waals surface area contributed by atoms with Gasteiger partial charge < -0.3 is 19.6 Å².